The summed E-state index contributed by atoms with van der Waals surface area (Å²) in [6.45, 7) is 6.88. The molecule has 0 spiro atoms. The minimum atomic E-state index is 0.157. The van der Waals surface area contributed by atoms with Crippen LogP contribution in [0, 0.1) is 19.8 Å². The zero-order chi connectivity index (χ0) is 17.4. The summed E-state index contributed by atoms with van der Waals surface area (Å²) in [6.07, 6.45) is 3.26. The van der Waals surface area contributed by atoms with Crippen LogP contribution in [0.15, 0.2) is 30.5 Å². The van der Waals surface area contributed by atoms with Gasteiger partial charge >= 0.3 is 0 Å². The third-order valence-corrected chi connectivity index (χ3v) is 5.47. The van der Waals surface area contributed by atoms with Crippen LogP contribution in [-0.4, -0.2) is 27.9 Å². The molecule has 5 nitrogen and oxygen atoms in total. The summed E-state index contributed by atoms with van der Waals surface area (Å²) in [5, 5.41) is 9.51. The van der Waals surface area contributed by atoms with Crippen LogP contribution >= 0.6 is 0 Å². The third-order valence-electron chi connectivity index (χ3n) is 5.47. The summed E-state index contributed by atoms with van der Waals surface area (Å²) >= 11 is 0. The summed E-state index contributed by atoms with van der Waals surface area (Å²) in [6, 6.07) is 8.57. The van der Waals surface area contributed by atoms with Crippen molar-refractivity contribution in [3.63, 3.8) is 0 Å². The minimum absolute atomic E-state index is 0.157. The highest BCUT2D eigenvalue weighted by Crippen LogP contribution is 2.37. The molecule has 1 fully saturated rings. The van der Waals surface area contributed by atoms with Crippen molar-refractivity contribution in [2.45, 2.75) is 32.9 Å². The van der Waals surface area contributed by atoms with E-state index in [4.69, 9.17) is 4.74 Å². The third kappa shape index (κ3) is 2.98. The van der Waals surface area contributed by atoms with Crippen molar-refractivity contribution in [2.24, 2.45) is 13.0 Å². The molecule has 132 valence electrons. The SMILES string of the molecule is Cc1nn(C)c(C)c1C1OCCC1CNCc1cccc2[nH]ccc12. The monoisotopic (exact) mass is 338 g/mol. The van der Waals surface area contributed by atoms with Crippen LogP contribution in [0.1, 0.15) is 35.0 Å². The molecule has 2 unspecified atom stereocenters. The largest absolute Gasteiger partial charge is 0.373 e. The molecule has 25 heavy (non-hydrogen) atoms. The topological polar surface area (TPSA) is 54.9 Å². The van der Waals surface area contributed by atoms with E-state index < -0.39 is 0 Å². The van der Waals surface area contributed by atoms with Crippen LogP contribution in [-0.2, 0) is 18.3 Å². The van der Waals surface area contributed by atoms with Gasteiger partial charge in [-0.15, -0.1) is 0 Å². The van der Waals surface area contributed by atoms with Gasteiger partial charge in [-0.2, -0.15) is 5.10 Å². The molecule has 0 aliphatic carbocycles. The highest BCUT2D eigenvalue weighted by Gasteiger charge is 2.33. The summed E-state index contributed by atoms with van der Waals surface area (Å²) in [4.78, 5) is 3.28. The molecule has 3 heterocycles. The van der Waals surface area contributed by atoms with Crippen LogP contribution < -0.4 is 5.32 Å². The smallest absolute Gasteiger partial charge is 0.0901 e. The number of aromatic nitrogens is 3. The first kappa shape index (κ1) is 16.4. The summed E-state index contributed by atoms with van der Waals surface area (Å²) < 4.78 is 8.05. The van der Waals surface area contributed by atoms with Gasteiger partial charge in [0.1, 0.15) is 0 Å². The first-order valence-corrected chi connectivity index (χ1v) is 9.02. The average molecular weight is 338 g/mol. The van der Waals surface area contributed by atoms with Crippen LogP contribution in [0.3, 0.4) is 0 Å². The Kier molecular flexibility index (Phi) is 4.36. The number of fused-ring (bicyclic) bond motifs is 1. The van der Waals surface area contributed by atoms with E-state index in [1.54, 1.807) is 0 Å². The molecule has 2 N–H and O–H groups in total. The number of rotatable bonds is 5. The van der Waals surface area contributed by atoms with Gasteiger partial charge in [-0.1, -0.05) is 12.1 Å². The number of nitrogens with one attached hydrogen (secondary N) is 2. The summed E-state index contributed by atoms with van der Waals surface area (Å²) in [7, 11) is 2.01. The van der Waals surface area contributed by atoms with Crippen molar-refractivity contribution >= 4 is 10.9 Å². The van der Waals surface area contributed by atoms with Gasteiger partial charge in [-0.05, 0) is 38.0 Å². The van der Waals surface area contributed by atoms with E-state index in [0.717, 1.165) is 31.8 Å². The van der Waals surface area contributed by atoms with E-state index in [2.05, 4.69) is 53.5 Å². The number of aromatic amines is 1. The molecule has 5 heteroatoms. The maximum Gasteiger partial charge on any atom is 0.0901 e. The highest BCUT2D eigenvalue weighted by atomic mass is 16.5. The van der Waals surface area contributed by atoms with Crippen LogP contribution in [0.4, 0.5) is 0 Å². The van der Waals surface area contributed by atoms with Crippen LogP contribution in [0.25, 0.3) is 10.9 Å². The molecule has 0 saturated carbocycles. The van der Waals surface area contributed by atoms with E-state index in [1.165, 1.54) is 27.7 Å². The van der Waals surface area contributed by atoms with Crippen molar-refractivity contribution < 1.29 is 4.74 Å². The highest BCUT2D eigenvalue weighted by molar-refractivity contribution is 5.82. The molecule has 0 radical (unpaired) electrons. The lowest BCUT2D eigenvalue weighted by Crippen LogP contribution is -2.25. The Bertz CT molecular complexity index is 879. The van der Waals surface area contributed by atoms with E-state index in [9.17, 15) is 0 Å². The Labute approximate surface area is 148 Å². The number of H-pyrrole nitrogens is 1. The Morgan fingerprint density at radius 1 is 1.32 bits per heavy atom. The van der Waals surface area contributed by atoms with Gasteiger partial charge in [-0.25, -0.2) is 0 Å². The van der Waals surface area contributed by atoms with Gasteiger partial charge < -0.3 is 15.0 Å². The molecule has 4 rings (SSSR count). The van der Waals surface area contributed by atoms with Gasteiger partial charge in [-0.3, -0.25) is 4.68 Å². The molecule has 1 aliphatic heterocycles. The van der Waals surface area contributed by atoms with Crippen LogP contribution in [0.5, 0.6) is 0 Å². The van der Waals surface area contributed by atoms with Crippen LogP contribution in [0.2, 0.25) is 0 Å². The summed E-state index contributed by atoms with van der Waals surface area (Å²) in [5.74, 6) is 0.493. The molecule has 1 aliphatic rings. The van der Waals surface area contributed by atoms with Gasteiger partial charge in [0.25, 0.3) is 0 Å². The fourth-order valence-corrected chi connectivity index (χ4v) is 4.06. The number of nitrogens with zero attached hydrogens (tertiary/aromatic N) is 2. The normalized spacial score (nSPS) is 20.6. The van der Waals surface area contributed by atoms with Crippen molar-refractivity contribution in [3.8, 4) is 0 Å². The Hall–Kier alpha value is -2.11. The Balaban J connectivity index is 1.44. The zero-order valence-corrected chi connectivity index (χ0v) is 15.2. The minimum Gasteiger partial charge on any atom is -0.373 e. The predicted molar refractivity (Wildman–Crippen MR) is 99.5 cm³/mol. The molecule has 0 bridgehead atoms. The lowest BCUT2D eigenvalue weighted by Gasteiger charge is -2.20. The van der Waals surface area contributed by atoms with E-state index in [1.807, 2.05) is 17.9 Å². The first-order valence-electron chi connectivity index (χ1n) is 9.02. The average Bonchev–Trinajstić information content (AvgIpc) is 3.29. The standard InChI is InChI=1S/C20H26N4O/c1-13-19(14(2)24(3)23-13)20-16(8-10-25-20)12-21-11-15-5-4-6-18-17(15)7-9-22-18/h4-7,9,16,20-22H,8,10-12H2,1-3H3. The molecule has 3 aromatic rings. The fourth-order valence-electron chi connectivity index (χ4n) is 4.06. The number of hydrogen-bond acceptors (Lipinski definition) is 3. The quantitative estimate of drug-likeness (QED) is 0.750. The van der Waals surface area contributed by atoms with Gasteiger partial charge in [0, 0.05) is 61.0 Å². The maximum atomic E-state index is 6.09. The Morgan fingerprint density at radius 3 is 3.00 bits per heavy atom. The number of ether oxygens (including phenoxy) is 1. The van der Waals surface area contributed by atoms with Gasteiger partial charge in [0.2, 0.25) is 0 Å². The first-order chi connectivity index (χ1) is 12.1. The maximum absolute atomic E-state index is 6.09. The van der Waals surface area contributed by atoms with Crippen molar-refractivity contribution in [1.29, 1.82) is 0 Å². The van der Waals surface area contributed by atoms with E-state index in [0.29, 0.717) is 5.92 Å². The second kappa shape index (κ2) is 6.65. The van der Waals surface area contributed by atoms with Crippen molar-refractivity contribution in [1.82, 2.24) is 20.1 Å². The summed E-state index contributed by atoms with van der Waals surface area (Å²) in [5.41, 5.74) is 6.12. The lowest BCUT2D eigenvalue weighted by atomic mass is 9.94. The molecule has 0 amide bonds. The second-order valence-corrected chi connectivity index (χ2v) is 7.04. The van der Waals surface area contributed by atoms with Crippen molar-refractivity contribution in [2.75, 3.05) is 13.2 Å². The molecule has 2 atom stereocenters. The fraction of sp³-hybridized carbons (Fsp3) is 0.450. The molecule has 1 aromatic carbocycles. The molecular formula is C20H26N4O. The Morgan fingerprint density at radius 2 is 2.20 bits per heavy atom. The lowest BCUT2D eigenvalue weighted by molar-refractivity contribution is 0.0894. The van der Waals surface area contributed by atoms with E-state index >= 15 is 0 Å². The van der Waals surface area contributed by atoms with Gasteiger partial charge in [0.05, 0.1) is 11.8 Å². The van der Waals surface area contributed by atoms with Gasteiger partial charge in [0.15, 0.2) is 0 Å². The molecular weight excluding hydrogens is 312 g/mol. The number of hydrogen-bond donors (Lipinski definition) is 2. The predicted octanol–water partition coefficient (Wildman–Crippen LogP) is 3.39. The second-order valence-electron chi connectivity index (χ2n) is 7.04. The molecule has 2 aromatic heterocycles. The van der Waals surface area contributed by atoms with Crippen molar-refractivity contribution in [3.05, 3.63) is 53.0 Å². The van der Waals surface area contributed by atoms with E-state index in [-0.39, 0.29) is 6.10 Å². The molecule has 1 saturated heterocycles. The zero-order valence-electron chi connectivity index (χ0n) is 15.2. The number of aryl methyl sites for hydroxylation is 2. The number of benzene rings is 1.